The van der Waals surface area contributed by atoms with Gasteiger partial charge in [0.15, 0.2) is 0 Å². The van der Waals surface area contributed by atoms with Gasteiger partial charge in [-0.15, -0.1) is 0 Å². The van der Waals surface area contributed by atoms with E-state index in [2.05, 4.69) is 0 Å². The molecule has 0 saturated heterocycles. The highest BCUT2D eigenvalue weighted by molar-refractivity contribution is 5.90. The van der Waals surface area contributed by atoms with E-state index in [0.717, 1.165) is 22.8 Å². The van der Waals surface area contributed by atoms with Crippen molar-refractivity contribution in [2.24, 2.45) is 0 Å². The molecule has 0 fully saturated rings. The number of hydrogen-bond acceptors (Lipinski definition) is 3. The SMILES string of the molecule is CC.COC(=O)c1cc(-n2c(C)ccc2C)nc(-n2c(C)ccc2C)c1. The highest BCUT2D eigenvalue weighted by atomic mass is 16.5. The number of aryl methyl sites for hydroxylation is 4. The van der Waals surface area contributed by atoms with Crippen molar-refractivity contribution < 1.29 is 9.53 Å². The number of rotatable bonds is 3. The van der Waals surface area contributed by atoms with Crippen LogP contribution in [0.25, 0.3) is 11.6 Å². The smallest absolute Gasteiger partial charge is 0.338 e. The summed E-state index contributed by atoms with van der Waals surface area (Å²) in [6.45, 7) is 12.1. The predicted molar refractivity (Wildman–Crippen MR) is 105 cm³/mol. The molecule has 5 nitrogen and oxygen atoms in total. The molecule has 0 aromatic carbocycles. The summed E-state index contributed by atoms with van der Waals surface area (Å²) >= 11 is 0. The van der Waals surface area contributed by atoms with Gasteiger partial charge in [-0.3, -0.25) is 0 Å². The van der Waals surface area contributed by atoms with E-state index in [4.69, 9.17) is 9.72 Å². The summed E-state index contributed by atoms with van der Waals surface area (Å²) in [5, 5.41) is 0. The summed E-state index contributed by atoms with van der Waals surface area (Å²) in [5.41, 5.74) is 4.74. The minimum absolute atomic E-state index is 0.371. The van der Waals surface area contributed by atoms with E-state index in [1.165, 1.54) is 7.11 Å². The average molecular weight is 353 g/mol. The van der Waals surface area contributed by atoms with Gasteiger partial charge in [0.2, 0.25) is 0 Å². The minimum atomic E-state index is -0.371. The number of methoxy groups -OCH3 is 1. The lowest BCUT2D eigenvalue weighted by Crippen LogP contribution is -2.11. The first-order valence-electron chi connectivity index (χ1n) is 8.83. The monoisotopic (exact) mass is 353 g/mol. The van der Waals surface area contributed by atoms with Crippen LogP contribution in [0.5, 0.6) is 0 Å². The zero-order valence-corrected chi connectivity index (χ0v) is 16.6. The largest absolute Gasteiger partial charge is 0.465 e. The molecule has 26 heavy (non-hydrogen) atoms. The van der Waals surface area contributed by atoms with E-state index in [-0.39, 0.29) is 5.97 Å². The zero-order valence-electron chi connectivity index (χ0n) is 16.6. The number of aromatic nitrogens is 3. The molecule has 0 amide bonds. The van der Waals surface area contributed by atoms with Crippen LogP contribution in [0.4, 0.5) is 0 Å². The maximum atomic E-state index is 12.1. The van der Waals surface area contributed by atoms with Gasteiger partial charge in [0.1, 0.15) is 11.6 Å². The molecule has 0 aliphatic carbocycles. The first-order valence-corrected chi connectivity index (χ1v) is 8.83. The van der Waals surface area contributed by atoms with Crippen molar-refractivity contribution in [3.05, 3.63) is 64.7 Å². The van der Waals surface area contributed by atoms with Gasteiger partial charge in [-0.2, -0.15) is 0 Å². The molecule has 138 valence electrons. The lowest BCUT2D eigenvalue weighted by Gasteiger charge is -2.15. The van der Waals surface area contributed by atoms with Crippen molar-refractivity contribution in [1.82, 2.24) is 14.1 Å². The number of nitrogens with zero attached hydrogens (tertiary/aromatic N) is 3. The fourth-order valence-corrected chi connectivity index (χ4v) is 3.03. The first kappa shape index (κ1) is 19.5. The van der Waals surface area contributed by atoms with Crippen LogP contribution in [0.3, 0.4) is 0 Å². The molecule has 0 saturated carbocycles. The highest BCUT2D eigenvalue weighted by Gasteiger charge is 2.15. The molecule has 0 atom stereocenters. The van der Waals surface area contributed by atoms with Crippen LogP contribution in [-0.2, 0) is 4.74 Å². The average Bonchev–Trinajstić information content (AvgIpc) is 3.16. The fourth-order valence-electron chi connectivity index (χ4n) is 3.03. The number of pyridine rings is 1. The van der Waals surface area contributed by atoms with Crippen molar-refractivity contribution in [3.8, 4) is 11.6 Å². The molecule has 0 unspecified atom stereocenters. The van der Waals surface area contributed by atoms with Crippen molar-refractivity contribution >= 4 is 5.97 Å². The standard InChI is InChI=1S/C19H21N3O2.C2H6/c1-12-6-7-13(2)21(12)17-10-16(19(23)24-5)11-18(20-17)22-14(3)8-9-15(22)4;1-2/h6-11H,1-5H3;1-2H3. The van der Waals surface area contributed by atoms with Gasteiger partial charge >= 0.3 is 5.97 Å². The number of hydrogen-bond donors (Lipinski definition) is 0. The van der Waals surface area contributed by atoms with Crippen molar-refractivity contribution in [2.45, 2.75) is 41.5 Å². The Morgan fingerprint density at radius 3 is 1.46 bits per heavy atom. The number of ether oxygens (including phenoxy) is 1. The normalized spacial score (nSPS) is 10.3. The quantitative estimate of drug-likeness (QED) is 0.641. The first-order chi connectivity index (χ1) is 12.4. The van der Waals surface area contributed by atoms with Crippen molar-refractivity contribution in [1.29, 1.82) is 0 Å². The van der Waals surface area contributed by atoms with E-state index in [9.17, 15) is 4.79 Å². The molecule has 5 heteroatoms. The minimum Gasteiger partial charge on any atom is -0.465 e. The Hall–Kier alpha value is -2.82. The predicted octanol–water partition coefficient (Wildman–Crippen LogP) is 4.71. The maximum Gasteiger partial charge on any atom is 0.338 e. The van der Waals surface area contributed by atoms with E-state index >= 15 is 0 Å². The third-order valence-corrected chi connectivity index (χ3v) is 4.22. The van der Waals surface area contributed by atoms with Crippen molar-refractivity contribution in [2.75, 3.05) is 7.11 Å². The Balaban J connectivity index is 0.00000117. The number of carbonyl (C=O) groups is 1. The molecule has 3 aromatic rings. The van der Waals surface area contributed by atoms with Gasteiger partial charge in [0.25, 0.3) is 0 Å². The third kappa shape index (κ3) is 3.57. The molecule has 3 heterocycles. The summed E-state index contributed by atoms with van der Waals surface area (Å²) in [5.74, 6) is 1.05. The molecule has 3 aromatic heterocycles. The molecular formula is C21H27N3O2. The summed E-state index contributed by atoms with van der Waals surface area (Å²) < 4.78 is 8.98. The molecule has 0 aliphatic heterocycles. The lowest BCUT2D eigenvalue weighted by molar-refractivity contribution is 0.0600. The van der Waals surface area contributed by atoms with Crippen LogP contribution in [-0.4, -0.2) is 27.2 Å². The zero-order chi connectivity index (χ0) is 19.4. The van der Waals surface area contributed by atoms with E-state index in [1.807, 2.05) is 74.9 Å². The van der Waals surface area contributed by atoms with Crippen LogP contribution in [0.2, 0.25) is 0 Å². The van der Waals surface area contributed by atoms with Gasteiger partial charge < -0.3 is 13.9 Å². The van der Waals surface area contributed by atoms with Gasteiger partial charge in [-0.25, -0.2) is 9.78 Å². The molecule has 0 radical (unpaired) electrons. The van der Waals surface area contributed by atoms with E-state index in [1.54, 1.807) is 12.1 Å². The van der Waals surface area contributed by atoms with Gasteiger partial charge in [0, 0.05) is 22.8 Å². The summed E-state index contributed by atoms with van der Waals surface area (Å²) in [6.07, 6.45) is 0. The van der Waals surface area contributed by atoms with Crippen LogP contribution in [0.15, 0.2) is 36.4 Å². The Morgan fingerprint density at radius 1 is 0.808 bits per heavy atom. The Morgan fingerprint density at radius 2 is 1.15 bits per heavy atom. The van der Waals surface area contributed by atoms with Crippen LogP contribution < -0.4 is 0 Å². The highest BCUT2D eigenvalue weighted by Crippen LogP contribution is 2.21. The molecule has 0 N–H and O–H groups in total. The van der Waals surface area contributed by atoms with Crippen molar-refractivity contribution in [3.63, 3.8) is 0 Å². The third-order valence-electron chi connectivity index (χ3n) is 4.22. The molecule has 0 bridgehead atoms. The van der Waals surface area contributed by atoms with E-state index in [0.29, 0.717) is 17.2 Å². The van der Waals surface area contributed by atoms with Gasteiger partial charge in [-0.05, 0) is 64.1 Å². The lowest BCUT2D eigenvalue weighted by atomic mass is 10.2. The summed E-state index contributed by atoms with van der Waals surface area (Å²) in [4.78, 5) is 16.9. The Bertz CT molecular complexity index is 816. The summed E-state index contributed by atoms with van der Waals surface area (Å²) in [7, 11) is 1.39. The van der Waals surface area contributed by atoms with Crippen LogP contribution >= 0.6 is 0 Å². The van der Waals surface area contributed by atoms with E-state index < -0.39 is 0 Å². The molecule has 0 aliphatic rings. The maximum absolute atomic E-state index is 12.1. The topological polar surface area (TPSA) is 49.1 Å². The number of carbonyl (C=O) groups excluding carboxylic acids is 1. The second-order valence-electron chi connectivity index (χ2n) is 5.97. The fraction of sp³-hybridized carbons (Fsp3) is 0.333. The Kier molecular flexibility index (Phi) is 6.03. The summed E-state index contributed by atoms with van der Waals surface area (Å²) in [6, 6.07) is 11.7. The number of esters is 1. The molecule has 3 rings (SSSR count). The molecular weight excluding hydrogens is 326 g/mol. The second-order valence-corrected chi connectivity index (χ2v) is 5.97. The molecule has 0 spiro atoms. The Labute approximate surface area is 155 Å². The van der Waals surface area contributed by atoms with Crippen LogP contribution in [0.1, 0.15) is 47.0 Å². The van der Waals surface area contributed by atoms with Crippen LogP contribution in [0, 0.1) is 27.7 Å². The van der Waals surface area contributed by atoms with Gasteiger partial charge in [-0.1, -0.05) is 13.8 Å². The second kappa shape index (κ2) is 8.04. The van der Waals surface area contributed by atoms with Gasteiger partial charge in [0.05, 0.1) is 12.7 Å².